The first-order valence-corrected chi connectivity index (χ1v) is 12.3. The number of halogens is 2. The highest BCUT2D eigenvalue weighted by Gasteiger charge is 2.43. The van der Waals surface area contributed by atoms with E-state index in [0.29, 0.717) is 55.2 Å². The van der Waals surface area contributed by atoms with E-state index in [1.807, 2.05) is 24.3 Å². The number of dihydropyridines is 1. The molecule has 0 saturated carbocycles. The van der Waals surface area contributed by atoms with Crippen molar-refractivity contribution in [3.8, 4) is 11.5 Å². The maximum absolute atomic E-state index is 13.6. The molecule has 3 aromatic rings. The predicted molar refractivity (Wildman–Crippen MR) is 142 cm³/mol. The Morgan fingerprint density at radius 3 is 2.43 bits per heavy atom. The fourth-order valence-corrected chi connectivity index (χ4v) is 5.28. The predicted octanol–water partition coefficient (Wildman–Crippen LogP) is 6.32. The molecule has 1 aliphatic heterocycles. The lowest BCUT2D eigenvalue weighted by Gasteiger charge is -2.29. The second-order valence-electron chi connectivity index (χ2n) is 8.69. The van der Waals surface area contributed by atoms with Gasteiger partial charge >= 0.3 is 5.97 Å². The fraction of sp³-hybridized carbons (Fsp3) is 0.172. The number of ketones is 1. The number of carbonyl (C=O) groups excluding carboxylic acids is 2. The molecule has 0 aromatic heterocycles. The summed E-state index contributed by atoms with van der Waals surface area (Å²) in [4.78, 5) is 26.5. The molecule has 37 heavy (non-hydrogen) atoms. The molecule has 0 bridgehead atoms. The van der Waals surface area contributed by atoms with Gasteiger partial charge in [-0.2, -0.15) is 0 Å². The van der Waals surface area contributed by atoms with Crippen molar-refractivity contribution in [1.29, 1.82) is 0 Å². The summed E-state index contributed by atoms with van der Waals surface area (Å²) in [6.07, 6.45) is 0. The van der Waals surface area contributed by atoms with E-state index in [0.717, 1.165) is 11.1 Å². The minimum Gasteiger partial charge on any atom is -0.493 e. The van der Waals surface area contributed by atoms with E-state index in [9.17, 15) is 9.59 Å². The smallest absolute Gasteiger partial charge is 0.336 e. The summed E-state index contributed by atoms with van der Waals surface area (Å²) in [5.74, 6) is -0.359. The lowest BCUT2D eigenvalue weighted by atomic mass is 9.79. The van der Waals surface area contributed by atoms with Gasteiger partial charge in [-0.25, -0.2) is 4.79 Å². The third kappa shape index (κ3) is 4.37. The molecule has 6 nitrogen and oxygen atoms in total. The van der Waals surface area contributed by atoms with Gasteiger partial charge in [0.15, 0.2) is 17.3 Å². The molecule has 0 saturated heterocycles. The van der Waals surface area contributed by atoms with Crippen LogP contribution in [0.2, 0.25) is 10.0 Å². The molecule has 0 spiro atoms. The topological polar surface area (TPSA) is 73.9 Å². The summed E-state index contributed by atoms with van der Waals surface area (Å²) in [7, 11) is 2.86. The molecule has 1 heterocycles. The number of rotatable bonds is 6. The monoisotopic (exact) mass is 535 g/mol. The molecular weight excluding hydrogens is 513 g/mol. The molecule has 5 rings (SSSR count). The van der Waals surface area contributed by atoms with Gasteiger partial charge in [-0.3, -0.25) is 4.79 Å². The van der Waals surface area contributed by atoms with Crippen LogP contribution < -0.4 is 14.8 Å². The van der Waals surface area contributed by atoms with Crippen LogP contribution in [0.4, 0.5) is 0 Å². The van der Waals surface area contributed by atoms with Crippen LogP contribution in [-0.4, -0.2) is 26.0 Å². The van der Waals surface area contributed by atoms with Crippen LogP contribution in [-0.2, 0) is 16.1 Å². The van der Waals surface area contributed by atoms with Crippen molar-refractivity contribution in [2.45, 2.75) is 19.4 Å². The molecule has 0 amide bonds. The van der Waals surface area contributed by atoms with Crippen molar-refractivity contribution in [1.82, 2.24) is 5.32 Å². The largest absolute Gasteiger partial charge is 0.493 e. The lowest BCUT2D eigenvalue weighted by molar-refractivity contribution is -0.136. The molecule has 0 fully saturated rings. The normalized spacial score (nSPS) is 16.2. The molecule has 1 N–H and O–H groups in total. The van der Waals surface area contributed by atoms with Gasteiger partial charge in [-0.1, -0.05) is 59.6 Å². The minimum atomic E-state index is -0.655. The van der Waals surface area contributed by atoms with E-state index in [2.05, 4.69) is 5.32 Å². The van der Waals surface area contributed by atoms with Gasteiger partial charge in [0.05, 0.1) is 25.5 Å². The fourth-order valence-electron chi connectivity index (χ4n) is 4.82. The first-order chi connectivity index (χ1) is 17.8. The molecule has 188 valence electrons. The van der Waals surface area contributed by atoms with Crippen molar-refractivity contribution in [2.75, 3.05) is 14.2 Å². The second-order valence-corrected chi connectivity index (χ2v) is 9.53. The van der Waals surface area contributed by atoms with Crippen molar-refractivity contribution < 1.29 is 23.8 Å². The van der Waals surface area contributed by atoms with Gasteiger partial charge in [0, 0.05) is 43.9 Å². The van der Waals surface area contributed by atoms with Crippen LogP contribution in [0.3, 0.4) is 0 Å². The molecule has 8 heteroatoms. The number of allylic oxidation sites excluding steroid dienone is 2. The second kappa shape index (κ2) is 9.96. The highest BCUT2D eigenvalue weighted by Crippen LogP contribution is 2.48. The van der Waals surface area contributed by atoms with E-state index in [-0.39, 0.29) is 12.4 Å². The number of Topliss-reactive ketones (excluding diaryl/α,β-unsaturated/α-hetero) is 1. The summed E-state index contributed by atoms with van der Waals surface area (Å²) in [5, 5.41) is 4.32. The number of ether oxygens (including phenoxy) is 3. The Morgan fingerprint density at radius 2 is 1.73 bits per heavy atom. The zero-order valence-electron chi connectivity index (χ0n) is 20.4. The maximum Gasteiger partial charge on any atom is 0.336 e. The van der Waals surface area contributed by atoms with Crippen molar-refractivity contribution in [3.05, 3.63) is 110 Å². The first-order valence-electron chi connectivity index (χ1n) is 11.5. The third-order valence-electron chi connectivity index (χ3n) is 6.57. The number of fused-ring (bicyclic) bond motifs is 2. The Balaban J connectivity index is 1.55. The summed E-state index contributed by atoms with van der Waals surface area (Å²) >= 11 is 12.3. The summed E-state index contributed by atoms with van der Waals surface area (Å²) in [5.41, 5.74) is 5.05. The lowest BCUT2D eigenvalue weighted by Crippen LogP contribution is -2.29. The van der Waals surface area contributed by atoms with Crippen LogP contribution in [0.5, 0.6) is 11.5 Å². The highest BCUT2D eigenvalue weighted by molar-refractivity contribution is 6.35. The average Bonchev–Trinajstić information content (AvgIpc) is 3.18. The number of esters is 1. The number of hydrogen-bond acceptors (Lipinski definition) is 6. The van der Waals surface area contributed by atoms with Crippen molar-refractivity contribution >= 4 is 40.7 Å². The Bertz CT molecular complexity index is 1510. The summed E-state index contributed by atoms with van der Waals surface area (Å²) < 4.78 is 16.8. The van der Waals surface area contributed by atoms with Gasteiger partial charge in [0.25, 0.3) is 0 Å². The van der Waals surface area contributed by atoms with Gasteiger partial charge < -0.3 is 19.5 Å². The minimum absolute atomic E-state index is 0.131. The SMILES string of the molecule is COC(=O)C1=C(C)NC2=C(C(=O)c3ccccc32)[C@H]1c1ccc(OCc2ccc(Cl)cc2Cl)c(OC)c1. The number of methoxy groups -OCH3 is 2. The average molecular weight is 536 g/mol. The van der Waals surface area contributed by atoms with Crippen molar-refractivity contribution in [2.24, 2.45) is 0 Å². The number of benzene rings is 3. The van der Waals surface area contributed by atoms with E-state index in [1.54, 1.807) is 43.3 Å². The van der Waals surface area contributed by atoms with Crippen LogP contribution >= 0.6 is 23.2 Å². The quantitative estimate of drug-likeness (QED) is 0.372. The molecular formula is C29H23Cl2NO5. The number of nitrogens with one attached hydrogen (secondary N) is 1. The Morgan fingerprint density at radius 1 is 0.973 bits per heavy atom. The number of hydrogen-bond donors (Lipinski definition) is 1. The molecule has 0 unspecified atom stereocenters. The van der Waals surface area contributed by atoms with Gasteiger partial charge in [-0.05, 0) is 36.8 Å². The van der Waals surface area contributed by atoms with Crippen molar-refractivity contribution in [3.63, 3.8) is 0 Å². The van der Waals surface area contributed by atoms with E-state index in [1.165, 1.54) is 14.2 Å². The molecule has 2 aliphatic rings. The standard InChI is InChI=1S/C29H23Cl2NO5/c1-15-24(29(34)36-3)25(26-27(32-15)19-6-4-5-7-20(19)28(26)33)16-9-11-22(23(12-16)35-2)37-14-17-8-10-18(30)13-21(17)31/h4-13,25,32H,14H2,1-3H3/t25-/m0/s1. The zero-order valence-corrected chi connectivity index (χ0v) is 21.9. The summed E-state index contributed by atoms with van der Waals surface area (Å²) in [6, 6.07) is 18.0. The Hall–Kier alpha value is -3.74. The van der Waals surface area contributed by atoms with E-state index >= 15 is 0 Å². The molecule has 1 atom stereocenters. The Labute approximate surface area is 224 Å². The zero-order chi connectivity index (χ0) is 26.3. The van der Waals surface area contributed by atoms with Crippen LogP contribution in [0.1, 0.15) is 39.9 Å². The highest BCUT2D eigenvalue weighted by atomic mass is 35.5. The third-order valence-corrected chi connectivity index (χ3v) is 7.16. The Kier molecular flexibility index (Phi) is 6.71. The molecule has 3 aromatic carbocycles. The van der Waals surface area contributed by atoms with E-state index < -0.39 is 11.9 Å². The van der Waals surface area contributed by atoms with Crippen LogP contribution in [0.25, 0.3) is 5.70 Å². The summed E-state index contributed by atoms with van der Waals surface area (Å²) in [6.45, 7) is 2.01. The van der Waals surface area contributed by atoms with E-state index in [4.69, 9.17) is 37.4 Å². The molecule has 0 radical (unpaired) electrons. The maximum atomic E-state index is 13.6. The molecule has 1 aliphatic carbocycles. The van der Waals surface area contributed by atoms with Crippen LogP contribution in [0.15, 0.2) is 77.5 Å². The van der Waals surface area contributed by atoms with Crippen LogP contribution in [0, 0.1) is 0 Å². The van der Waals surface area contributed by atoms with Gasteiger partial charge in [0.1, 0.15) is 6.61 Å². The number of carbonyl (C=O) groups is 2. The van der Waals surface area contributed by atoms with Gasteiger partial charge in [-0.15, -0.1) is 0 Å². The first kappa shape index (κ1) is 24.9. The van der Waals surface area contributed by atoms with Gasteiger partial charge in [0.2, 0.25) is 0 Å².